The number of anilines is 3. The predicted molar refractivity (Wildman–Crippen MR) is 88.0 cm³/mol. The van der Waals surface area contributed by atoms with Gasteiger partial charge in [0.1, 0.15) is 5.69 Å². The highest BCUT2D eigenvalue weighted by atomic mass is 35.5. The molecule has 0 radical (unpaired) electrons. The van der Waals surface area contributed by atoms with Gasteiger partial charge in [-0.1, -0.05) is 18.2 Å². The van der Waals surface area contributed by atoms with Gasteiger partial charge >= 0.3 is 0 Å². The van der Waals surface area contributed by atoms with Crippen molar-refractivity contribution in [2.75, 3.05) is 23.1 Å². The normalized spacial score (nSPS) is 11.7. The first-order valence-electron chi connectivity index (χ1n) is 6.68. The summed E-state index contributed by atoms with van der Waals surface area (Å²) in [4.78, 5) is 10.8. The zero-order valence-corrected chi connectivity index (χ0v) is 12.5. The van der Waals surface area contributed by atoms with Crippen LogP contribution in [0.15, 0.2) is 48.5 Å². The summed E-state index contributed by atoms with van der Waals surface area (Å²) in [5, 5.41) is 26.6. The van der Waals surface area contributed by atoms with E-state index in [1.165, 1.54) is 6.07 Å². The van der Waals surface area contributed by atoms with E-state index in [0.717, 1.165) is 5.69 Å². The summed E-state index contributed by atoms with van der Waals surface area (Å²) in [5.74, 6) is 0.0999. The molecule has 0 amide bonds. The monoisotopic (exact) mass is 321 g/mol. The summed E-state index contributed by atoms with van der Waals surface area (Å²) in [6, 6.07) is 14.0. The summed E-state index contributed by atoms with van der Waals surface area (Å²) in [7, 11) is 0. The Kier molecular flexibility index (Phi) is 5.57. The van der Waals surface area contributed by atoms with Crippen molar-refractivity contribution in [3.8, 4) is 0 Å². The van der Waals surface area contributed by atoms with Crippen LogP contribution in [0.25, 0.3) is 0 Å². The number of nitrogens with one attached hydrogen (secondary N) is 2. The van der Waals surface area contributed by atoms with E-state index in [-0.39, 0.29) is 18.1 Å². The average Bonchev–Trinajstić information content (AvgIpc) is 2.54. The van der Waals surface area contributed by atoms with Crippen LogP contribution in [-0.2, 0) is 0 Å². The van der Waals surface area contributed by atoms with Crippen LogP contribution in [0.4, 0.5) is 22.7 Å². The van der Waals surface area contributed by atoms with Gasteiger partial charge in [0.05, 0.1) is 16.9 Å². The third-order valence-corrected chi connectivity index (χ3v) is 3.32. The number of aliphatic hydroxyl groups excluding tert-OH is 1. The maximum absolute atomic E-state index is 11.2. The van der Waals surface area contributed by atoms with Gasteiger partial charge in [-0.3, -0.25) is 10.1 Å². The van der Waals surface area contributed by atoms with Gasteiger partial charge in [0.2, 0.25) is 0 Å². The van der Waals surface area contributed by atoms with Gasteiger partial charge in [-0.05, 0) is 24.3 Å². The summed E-state index contributed by atoms with van der Waals surface area (Å²) in [5.41, 5.74) is 1.67. The number of aliphatic hydroxyl groups is 1. The number of hydrogen-bond donors (Lipinski definition) is 3. The first-order chi connectivity index (χ1) is 10.6. The van der Waals surface area contributed by atoms with Crippen LogP contribution in [0.2, 0.25) is 0 Å². The third kappa shape index (κ3) is 4.34. The maximum atomic E-state index is 11.2. The van der Waals surface area contributed by atoms with Gasteiger partial charge in [0, 0.05) is 24.0 Å². The molecule has 116 valence electrons. The lowest BCUT2D eigenvalue weighted by molar-refractivity contribution is -0.383. The number of nitrogens with zero attached hydrogens (tertiary/aromatic N) is 1. The second kappa shape index (κ2) is 7.63. The van der Waals surface area contributed by atoms with E-state index in [9.17, 15) is 15.2 Å². The Morgan fingerprint density at radius 1 is 1.18 bits per heavy atom. The number of nitro groups is 1. The minimum Gasteiger partial charge on any atom is -0.390 e. The van der Waals surface area contributed by atoms with Crippen molar-refractivity contribution < 1.29 is 10.0 Å². The molecule has 2 aromatic rings. The number of alkyl halides is 1. The Bertz CT molecular complexity index is 637. The number of halogens is 1. The maximum Gasteiger partial charge on any atom is 0.294 e. The second-order valence-corrected chi connectivity index (χ2v) is 4.98. The Morgan fingerprint density at radius 3 is 2.55 bits per heavy atom. The van der Waals surface area contributed by atoms with E-state index in [1.54, 1.807) is 12.1 Å². The molecular weight excluding hydrogens is 306 g/mol. The Hall–Kier alpha value is -2.31. The SMILES string of the molecule is O=[N+]([O-])c1cc(NCC(O)CCl)ccc1Nc1ccccc1. The number of para-hydroxylation sites is 1. The summed E-state index contributed by atoms with van der Waals surface area (Å²) in [6.07, 6.45) is -0.706. The van der Waals surface area contributed by atoms with Crippen LogP contribution in [-0.4, -0.2) is 28.6 Å². The molecule has 0 fully saturated rings. The largest absolute Gasteiger partial charge is 0.390 e. The zero-order chi connectivity index (χ0) is 15.9. The Morgan fingerprint density at radius 2 is 1.91 bits per heavy atom. The van der Waals surface area contributed by atoms with Crippen molar-refractivity contribution >= 4 is 34.4 Å². The molecule has 0 aromatic heterocycles. The van der Waals surface area contributed by atoms with Crippen molar-refractivity contribution in [2.24, 2.45) is 0 Å². The first-order valence-corrected chi connectivity index (χ1v) is 7.22. The molecule has 6 nitrogen and oxygen atoms in total. The molecule has 2 aromatic carbocycles. The minimum absolute atomic E-state index is 0.0470. The molecule has 0 aliphatic rings. The van der Waals surface area contributed by atoms with Gasteiger partial charge in [-0.2, -0.15) is 0 Å². The smallest absolute Gasteiger partial charge is 0.294 e. The predicted octanol–water partition coefficient (Wildman–Crippen LogP) is 3.35. The highest BCUT2D eigenvalue weighted by Crippen LogP contribution is 2.30. The van der Waals surface area contributed by atoms with Gasteiger partial charge in [-0.15, -0.1) is 11.6 Å². The number of benzene rings is 2. The lowest BCUT2D eigenvalue weighted by Crippen LogP contribution is -2.20. The van der Waals surface area contributed by atoms with E-state index >= 15 is 0 Å². The zero-order valence-electron chi connectivity index (χ0n) is 11.7. The van der Waals surface area contributed by atoms with Crippen molar-refractivity contribution in [2.45, 2.75) is 6.10 Å². The first kappa shape index (κ1) is 16.1. The minimum atomic E-state index is -0.706. The molecule has 7 heteroatoms. The van der Waals surface area contributed by atoms with E-state index in [4.69, 9.17) is 11.6 Å². The molecule has 0 spiro atoms. The average molecular weight is 322 g/mol. The number of hydrogen-bond acceptors (Lipinski definition) is 5. The van der Waals surface area contributed by atoms with E-state index < -0.39 is 11.0 Å². The fourth-order valence-electron chi connectivity index (χ4n) is 1.87. The van der Waals surface area contributed by atoms with Crippen LogP contribution in [0.3, 0.4) is 0 Å². The summed E-state index contributed by atoms with van der Waals surface area (Å²) < 4.78 is 0. The van der Waals surface area contributed by atoms with Crippen LogP contribution >= 0.6 is 11.6 Å². The molecule has 1 unspecified atom stereocenters. The molecule has 22 heavy (non-hydrogen) atoms. The van der Waals surface area contributed by atoms with E-state index in [1.807, 2.05) is 30.3 Å². The Labute approximate surface area is 132 Å². The molecule has 0 saturated heterocycles. The van der Waals surface area contributed by atoms with Crippen LogP contribution < -0.4 is 10.6 Å². The van der Waals surface area contributed by atoms with Crippen molar-refractivity contribution in [1.29, 1.82) is 0 Å². The molecule has 1 atom stereocenters. The number of nitro benzene ring substituents is 1. The fourth-order valence-corrected chi connectivity index (χ4v) is 1.97. The standard InChI is InChI=1S/C15H16ClN3O3/c16-9-13(20)10-17-12-6-7-14(15(8-12)19(21)22)18-11-4-2-1-3-5-11/h1-8,13,17-18,20H,9-10H2. The third-order valence-electron chi connectivity index (χ3n) is 2.97. The van der Waals surface area contributed by atoms with Crippen molar-refractivity contribution in [3.05, 3.63) is 58.6 Å². The van der Waals surface area contributed by atoms with E-state index in [0.29, 0.717) is 11.4 Å². The highest BCUT2D eigenvalue weighted by Gasteiger charge is 2.15. The topological polar surface area (TPSA) is 87.4 Å². The molecule has 2 rings (SSSR count). The van der Waals surface area contributed by atoms with Crippen molar-refractivity contribution in [3.63, 3.8) is 0 Å². The summed E-state index contributed by atoms with van der Waals surface area (Å²) >= 11 is 5.51. The van der Waals surface area contributed by atoms with Crippen LogP contribution in [0.5, 0.6) is 0 Å². The molecule has 0 heterocycles. The lowest BCUT2D eigenvalue weighted by Gasteiger charge is -2.12. The van der Waals surface area contributed by atoms with Gasteiger partial charge in [0.25, 0.3) is 5.69 Å². The van der Waals surface area contributed by atoms with E-state index in [2.05, 4.69) is 10.6 Å². The highest BCUT2D eigenvalue weighted by molar-refractivity contribution is 6.18. The molecule has 0 bridgehead atoms. The van der Waals surface area contributed by atoms with Crippen LogP contribution in [0.1, 0.15) is 0 Å². The second-order valence-electron chi connectivity index (χ2n) is 4.67. The molecule has 0 aliphatic carbocycles. The van der Waals surface area contributed by atoms with Crippen LogP contribution in [0, 0.1) is 10.1 Å². The van der Waals surface area contributed by atoms with Gasteiger partial charge < -0.3 is 15.7 Å². The molecule has 0 saturated carbocycles. The number of rotatable bonds is 7. The molecular formula is C15H16ClN3O3. The van der Waals surface area contributed by atoms with Gasteiger partial charge in [-0.25, -0.2) is 0 Å². The summed E-state index contributed by atoms with van der Waals surface area (Å²) in [6.45, 7) is 0.228. The quantitative estimate of drug-likeness (QED) is 0.413. The molecule has 3 N–H and O–H groups in total. The Balaban J connectivity index is 2.18. The fraction of sp³-hybridized carbons (Fsp3) is 0.200. The van der Waals surface area contributed by atoms with Gasteiger partial charge in [0.15, 0.2) is 0 Å². The van der Waals surface area contributed by atoms with Crippen molar-refractivity contribution in [1.82, 2.24) is 0 Å². The molecule has 0 aliphatic heterocycles. The lowest BCUT2D eigenvalue weighted by atomic mass is 10.2.